The molecule has 0 saturated carbocycles. The van der Waals surface area contributed by atoms with Crippen LogP contribution in [0.15, 0.2) is 48.5 Å². The average Bonchev–Trinajstić information content (AvgIpc) is 2.74. The second-order valence-corrected chi connectivity index (χ2v) is 7.18. The number of esters is 1. The van der Waals surface area contributed by atoms with Crippen LogP contribution in [0.1, 0.15) is 55.5 Å². The fraction of sp³-hybridized carbons (Fsp3) is 0.458. The highest BCUT2D eigenvalue weighted by Crippen LogP contribution is 2.25. The zero-order valence-corrected chi connectivity index (χ0v) is 17.5. The first kappa shape index (κ1) is 23.9. The summed E-state index contributed by atoms with van der Waals surface area (Å²) in [5, 5.41) is 0. The van der Waals surface area contributed by atoms with Crippen LogP contribution in [-0.2, 0) is 15.9 Å². The number of hydrogen-bond donors (Lipinski definition) is 0. The van der Waals surface area contributed by atoms with Gasteiger partial charge in [0.15, 0.2) is 0 Å². The number of hydrogen-bond acceptors (Lipinski definition) is 3. The minimum atomic E-state index is -4.68. The van der Waals surface area contributed by atoms with Crippen LogP contribution in [0.5, 0.6) is 0 Å². The molecule has 0 aliphatic carbocycles. The summed E-state index contributed by atoms with van der Waals surface area (Å²) in [6.07, 6.45) is -1.04. The van der Waals surface area contributed by atoms with Crippen LogP contribution in [-0.4, -0.2) is 31.5 Å². The molecule has 0 aliphatic heterocycles. The monoisotopic (exact) mass is 422 g/mol. The van der Waals surface area contributed by atoms with Gasteiger partial charge in [-0.25, -0.2) is 4.79 Å². The summed E-state index contributed by atoms with van der Waals surface area (Å²) in [5.74, 6) is -1.02. The Morgan fingerprint density at radius 3 is 2.03 bits per heavy atom. The van der Waals surface area contributed by atoms with Crippen molar-refractivity contribution in [3.8, 4) is 11.1 Å². The van der Waals surface area contributed by atoms with Crippen molar-refractivity contribution in [1.82, 2.24) is 0 Å². The van der Waals surface area contributed by atoms with Gasteiger partial charge >= 0.3 is 12.1 Å². The van der Waals surface area contributed by atoms with Crippen molar-refractivity contribution >= 4 is 5.97 Å². The summed E-state index contributed by atoms with van der Waals surface area (Å²) >= 11 is 0. The smallest absolute Gasteiger partial charge is 0.427 e. The zero-order chi connectivity index (χ0) is 22.0. The maximum Gasteiger partial charge on any atom is 0.427 e. The van der Waals surface area contributed by atoms with Crippen LogP contribution >= 0.6 is 0 Å². The SMILES string of the molecule is CCCCCCc1ccc(-c2ccc(C(=O)OC(COCC)C(F)(F)F)cc2)cc1. The van der Waals surface area contributed by atoms with Crippen molar-refractivity contribution in [2.75, 3.05) is 13.2 Å². The summed E-state index contributed by atoms with van der Waals surface area (Å²) in [7, 11) is 0. The number of halogens is 3. The van der Waals surface area contributed by atoms with E-state index in [1.807, 2.05) is 12.1 Å². The lowest BCUT2D eigenvalue weighted by Crippen LogP contribution is -2.37. The van der Waals surface area contributed by atoms with Gasteiger partial charge < -0.3 is 9.47 Å². The Labute approximate surface area is 176 Å². The predicted octanol–water partition coefficient (Wildman–Crippen LogP) is 6.60. The van der Waals surface area contributed by atoms with E-state index in [1.54, 1.807) is 19.1 Å². The van der Waals surface area contributed by atoms with Gasteiger partial charge in [0.25, 0.3) is 0 Å². The lowest BCUT2D eigenvalue weighted by molar-refractivity contribution is -0.217. The fourth-order valence-corrected chi connectivity index (χ4v) is 3.04. The fourth-order valence-electron chi connectivity index (χ4n) is 3.04. The lowest BCUT2D eigenvalue weighted by Gasteiger charge is -2.20. The third kappa shape index (κ3) is 7.48. The molecule has 0 N–H and O–H groups in total. The molecule has 0 spiro atoms. The van der Waals surface area contributed by atoms with Crippen LogP contribution in [0.2, 0.25) is 0 Å². The van der Waals surface area contributed by atoms with Crippen molar-refractivity contribution in [1.29, 1.82) is 0 Å². The molecule has 2 aromatic carbocycles. The maximum atomic E-state index is 13.0. The quantitative estimate of drug-likeness (QED) is 0.302. The average molecular weight is 422 g/mol. The first-order valence-corrected chi connectivity index (χ1v) is 10.4. The second-order valence-electron chi connectivity index (χ2n) is 7.18. The van der Waals surface area contributed by atoms with E-state index in [9.17, 15) is 18.0 Å². The van der Waals surface area contributed by atoms with Crippen LogP contribution in [0.25, 0.3) is 11.1 Å². The number of unbranched alkanes of at least 4 members (excludes halogenated alkanes) is 3. The third-order valence-corrected chi connectivity index (χ3v) is 4.81. The number of carbonyl (C=O) groups is 1. The summed E-state index contributed by atoms with van der Waals surface area (Å²) in [6.45, 7) is 3.16. The molecule has 0 aliphatic rings. The third-order valence-electron chi connectivity index (χ3n) is 4.81. The number of aryl methyl sites for hydroxylation is 1. The van der Waals surface area contributed by atoms with E-state index in [1.165, 1.54) is 43.4 Å². The molecule has 0 aromatic heterocycles. The van der Waals surface area contributed by atoms with Crippen molar-refractivity contribution in [3.05, 3.63) is 59.7 Å². The summed E-state index contributed by atoms with van der Waals surface area (Å²) in [5.41, 5.74) is 3.21. The Kier molecular flexibility index (Phi) is 9.37. The van der Waals surface area contributed by atoms with Crippen LogP contribution in [0.3, 0.4) is 0 Å². The van der Waals surface area contributed by atoms with Gasteiger partial charge in [0, 0.05) is 6.61 Å². The molecular formula is C24H29F3O3. The molecule has 3 nitrogen and oxygen atoms in total. The molecule has 0 saturated heterocycles. The Morgan fingerprint density at radius 2 is 1.50 bits per heavy atom. The molecule has 1 unspecified atom stereocenters. The second kappa shape index (κ2) is 11.7. The molecule has 30 heavy (non-hydrogen) atoms. The van der Waals surface area contributed by atoms with Crippen molar-refractivity contribution < 1.29 is 27.4 Å². The molecule has 164 valence electrons. The van der Waals surface area contributed by atoms with E-state index in [-0.39, 0.29) is 12.2 Å². The number of benzene rings is 2. The summed E-state index contributed by atoms with van der Waals surface area (Å²) in [6, 6.07) is 14.6. The molecule has 2 aromatic rings. The van der Waals surface area contributed by atoms with Crippen molar-refractivity contribution in [3.63, 3.8) is 0 Å². The van der Waals surface area contributed by atoms with Gasteiger partial charge in [-0.3, -0.25) is 0 Å². The molecule has 0 bridgehead atoms. The van der Waals surface area contributed by atoms with Crippen LogP contribution in [0, 0.1) is 0 Å². The molecule has 0 fully saturated rings. The molecule has 6 heteroatoms. The zero-order valence-electron chi connectivity index (χ0n) is 17.5. The van der Waals surface area contributed by atoms with Gasteiger partial charge in [-0.1, -0.05) is 62.6 Å². The minimum absolute atomic E-state index is 0.0667. The number of carbonyl (C=O) groups excluding carboxylic acids is 1. The highest BCUT2D eigenvalue weighted by molar-refractivity contribution is 5.90. The van der Waals surface area contributed by atoms with Gasteiger partial charge in [-0.2, -0.15) is 13.2 Å². The van der Waals surface area contributed by atoms with E-state index in [0.717, 1.165) is 17.5 Å². The Morgan fingerprint density at radius 1 is 0.900 bits per heavy atom. The summed E-state index contributed by atoms with van der Waals surface area (Å²) < 4.78 is 48.4. The highest BCUT2D eigenvalue weighted by Gasteiger charge is 2.43. The first-order chi connectivity index (χ1) is 14.3. The number of rotatable bonds is 11. The normalized spacial score (nSPS) is 12.6. The molecule has 0 radical (unpaired) electrons. The van der Waals surface area contributed by atoms with Gasteiger partial charge in [0.2, 0.25) is 6.10 Å². The van der Waals surface area contributed by atoms with Crippen molar-refractivity contribution in [2.45, 2.75) is 58.2 Å². The summed E-state index contributed by atoms with van der Waals surface area (Å²) in [4.78, 5) is 12.1. The van der Waals surface area contributed by atoms with Crippen LogP contribution in [0.4, 0.5) is 13.2 Å². The number of ether oxygens (including phenoxy) is 2. The van der Waals surface area contributed by atoms with E-state index >= 15 is 0 Å². The number of alkyl halides is 3. The van der Waals surface area contributed by atoms with E-state index in [4.69, 9.17) is 4.74 Å². The minimum Gasteiger partial charge on any atom is -0.447 e. The highest BCUT2D eigenvalue weighted by atomic mass is 19.4. The lowest BCUT2D eigenvalue weighted by atomic mass is 10.0. The molecular weight excluding hydrogens is 393 g/mol. The predicted molar refractivity (Wildman–Crippen MR) is 111 cm³/mol. The van der Waals surface area contributed by atoms with Crippen LogP contribution < -0.4 is 0 Å². The Balaban J connectivity index is 1.99. The molecule has 0 heterocycles. The van der Waals surface area contributed by atoms with Gasteiger partial charge in [-0.15, -0.1) is 0 Å². The van der Waals surface area contributed by atoms with Crippen molar-refractivity contribution in [2.24, 2.45) is 0 Å². The molecule has 1 atom stereocenters. The van der Waals surface area contributed by atoms with E-state index in [0.29, 0.717) is 0 Å². The Bertz CT molecular complexity index is 768. The standard InChI is InChI=1S/C24H29F3O3/c1-3-5-6-7-8-18-9-11-19(12-10-18)20-13-15-21(16-14-20)23(28)30-22(17-29-4-2)24(25,26)27/h9-16,22H,3-8,17H2,1-2H3. The topological polar surface area (TPSA) is 35.5 Å². The van der Waals surface area contributed by atoms with Gasteiger partial charge in [0.1, 0.15) is 0 Å². The maximum absolute atomic E-state index is 13.0. The van der Waals surface area contributed by atoms with Gasteiger partial charge in [0.05, 0.1) is 12.2 Å². The molecule has 0 amide bonds. The first-order valence-electron chi connectivity index (χ1n) is 10.4. The van der Waals surface area contributed by atoms with Gasteiger partial charge in [-0.05, 0) is 48.6 Å². The Hall–Kier alpha value is -2.34. The largest absolute Gasteiger partial charge is 0.447 e. The van der Waals surface area contributed by atoms with E-state index in [2.05, 4.69) is 23.8 Å². The van der Waals surface area contributed by atoms with E-state index < -0.39 is 24.9 Å². The molecule has 2 rings (SSSR count).